The Morgan fingerprint density at radius 2 is 1.89 bits per heavy atom. The Bertz CT molecular complexity index is 695. The molecule has 1 saturated carbocycles. The molecule has 0 aromatic carbocycles. The number of nitrogens with zero attached hydrogens (tertiary/aromatic N) is 1. The van der Waals surface area contributed by atoms with E-state index in [2.05, 4.69) is 15.5 Å². The van der Waals surface area contributed by atoms with E-state index in [4.69, 9.17) is 4.74 Å². The minimum absolute atomic E-state index is 0.196. The van der Waals surface area contributed by atoms with Crippen molar-refractivity contribution in [3.8, 4) is 0 Å². The maximum Gasteiger partial charge on any atom is 0.341 e. The van der Waals surface area contributed by atoms with Crippen molar-refractivity contribution in [1.29, 1.82) is 0 Å². The molecule has 1 aromatic rings. The van der Waals surface area contributed by atoms with Gasteiger partial charge in [-0.05, 0) is 39.3 Å². The highest BCUT2D eigenvalue weighted by Gasteiger charge is 2.27. The number of likely N-dealkylation sites (N-methyl/N-ethyl adjacent to an activating group) is 1. The number of anilines is 1. The summed E-state index contributed by atoms with van der Waals surface area (Å²) >= 11 is 1.10. The van der Waals surface area contributed by atoms with Gasteiger partial charge in [0.05, 0.1) is 23.6 Å². The van der Waals surface area contributed by atoms with E-state index < -0.39 is 5.97 Å². The summed E-state index contributed by atoms with van der Waals surface area (Å²) in [6.45, 7) is 3.88. The fraction of sp³-hybridized carbons (Fsp3) is 0.632. The fourth-order valence-electron chi connectivity index (χ4n) is 3.42. The number of hydrogen-bond acceptors (Lipinski definition) is 6. The van der Waals surface area contributed by atoms with E-state index in [-0.39, 0.29) is 30.5 Å². The second kappa shape index (κ2) is 9.85. The fourth-order valence-corrected chi connectivity index (χ4v) is 4.58. The van der Waals surface area contributed by atoms with E-state index in [9.17, 15) is 14.4 Å². The summed E-state index contributed by atoms with van der Waals surface area (Å²) in [6, 6.07) is 0.417. The molecule has 27 heavy (non-hydrogen) atoms. The molecule has 150 valence electrons. The van der Waals surface area contributed by atoms with Crippen LogP contribution in [0.1, 0.15) is 64.6 Å². The Labute approximate surface area is 164 Å². The number of amides is 2. The van der Waals surface area contributed by atoms with Crippen LogP contribution in [0.15, 0.2) is 0 Å². The highest BCUT2D eigenvalue weighted by atomic mass is 32.1. The van der Waals surface area contributed by atoms with Gasteiger partial charge in [-0.2, -0.15) is 0 Å². The van der Waals surface area contributed by atoms with Gasteiger partial charge in [-0.3, -0.25) is 14.5 Å². The first kappa shape index (κ1) is 21.4. The van der Waals surface area contributed by atoms with Gasteiger partial charge >= 0.3 is 5.97 Å². The average Bonchev–Trinajstić information content (AvgIpc) is 2.97. The van der Waals surface area contributed by atoms with Crippen molar-refractivity contribution in [3.05, 3.63) is 16.0 Å². The smallest absolute Gasteiger partial charge is 0.341 e. The number of hydrogen-bond donors (Lipinski definition) is 2. The molecular weight excluding hydrogens is 366 g/mol. The molecule has 7 nitrogen and oxygen atoms in total. The van der Waals surface area contributed by atoms with Crippen LogP contribution in [-0.2, 0) is 9.53 Å². The molecule has 0 spiro atoms. The molecule has 2 N–H and O–H groups in total. The minimum atomic E-state index is -0.530. The van der Waals surface area contributed by atoms with Gasteiger partial charge in [-0.1, -0.05) is 19.3 Å². The quantitative estimate of drug-likeness (QED) is 0.693. The van der Waals surface area contributed by atoms with Crippen LogP contribution < -0.4 is 10.6 Å². The zero-order chi connectivity index (χ0) is 20.0. The van der Waals surface area contributed by atoms with E-state index in [1.54, 1.807) is 13.8 Å². The lowest BCUT2D eigenvalue weighted by molar-refractivity contribution is -0.117. The minimum Gasteiger partial charge on any atom is -0.462 e. The van der Waals surface area contributed by atoms with Crippen LogP contribution in [0.4, 0.5) is 5.00 Å². The Hall–Kier alpha value is -1.93. The predicted octanol–water partition coefficient (Wildman–Crippen LogP) is 2.80. The molecule has 1 aromatic heterocycles. The predicted molar refractivity (Wildman–Crippen MR) is 107 cm³/mol. The first-order valence-electron chi connectivity index (χ1n) is 9.41. The monoisotopic (exact) mass is 395 g/mol. The average molecular weight is 396 g/mol. The van der Waals surface area contributed by atoms with Gasteiger partial charge in [0.25, 0.3) is 5.91 Å². The number of nitrogens with one attached hydrogen (secondary N) is 2. The SMILES string of the molecule is CCOC(=O)c1c(NC(=O)CN(C)C2CCCCC2)sc(C(=O)NC)c1C. The Balaban J connectivity index is 2.16. The molecule has 2 rings (SSSR count). The van der Waals surface area contributed by atoms with Crippen molar-refractivity contribution in [2.75, 3.05) is 32.6 Å². The Kier molecular flexibility index (Phi) is 7.79. The van der Waals surface area contributed by atoms with Crippen LogP contribution >= 0.6 is 11.3 Å². The molecule has 0 aliphatic heterocycles. The zero-order valence-corrected chi connectivity index (χ0v) is 17.3. The van der Waals surface area contributed by atoms with E-state index >= 15 is 0 Å². The van der Waals surface area contributed by atoms with Gasteiger partial charge in [-0.15, -0.1) is 11.3 Å². The highest BCUT2D eigenvalue weighted by molar-refractivity contribution is 7.18. The van der Waals surface area contributed by atoms with Crippen LogP contribution in [0.2, 0.25) is 0 Å². The summed E-state index contributed by atoms with van der Waals surface area (Å²) in [5.74, 6) is -1.02. The van der Waals surface area contributed by atoms with Gasteiger partial charge < -0.3 is 15.4 Å². The molecule has 1 fully saturated rings. The topological polar surface area (TPSA) is 87.7 Å². The summed E-state index contributed by atoms with van der Waals surface area (Å²) < 4.78 is 5.11. The second-order valence-electron chi connectivity index (χ2n) is 6.82. The van der Waals surface area contributed by atoms with Crippen LogP contribution in [-0.4, -0.2) is 56.0 Å². The third kappa shape index (κ3) is 5.29. The maximum absolute atomic E-state index is 12.6. The molecule has 0 saturated heterocycles. The lowest BCUT2D eigenvalue weighted by Gasteiger charge is -2.30. The Morgan fingerprint density at radius 1 is 1.22 bits per heavy atom. The molecule has 0 bridgehead atoms. The molecule has 2 amide bonds. The van der Waals surface area contributed by atoms with Crippen LogP contribution in [0, 0.1) is 6.92 Å². The zero-order valence-electron chi connectivity index (χ0n) is 16.5. The number of carbonyl (C=O) groups is 3. The van der Waals surface area contributed by atoms with Gasteiger partial charge in [0.2, 0.25) is 5.91 Å². The number of ether oxygens (including phenoxy) is 1. The highest BCUT2D eigenvalue weighted by Crippen LogP contribution is 2.34. The molecule has 1 heterocycles. The van der Waals surface area contributed by atoms with Crippen molar-refractivity contribution >= 4 is 34.1 Å². The molecule has 1 aliphatic carbocycles. The summed E-state index contributed by atoms with van der Waals surface area (Å²) in [4.78, 5) is 39.5. The number of rotatable bonds is 7. The molecule has 0 unspecified atom stereocenters. The van der Waals surface area contributed by atoms with Crippen molar-refractivity contribution in [2.45, 2.75) is 52.0 Å². The largest absolute Gasteiger partial charge is 0.462 e. The summed E-state index contributed by atoms with van der Waals surface area (Å²) in [5.41, 5.74) is 0.780. The third-order valence-electron chi connectivity index (χ3n) is 4.90. The summed E-state index contributed by atoms with van der Waals surface area (Å²) in [7, 11) is 3.49. The molecule has 8 heteroatoms. The van der Waals surface area contributed by atoms with Crippen molar-refractivity contribution < 1.29 is 19.1 Å². The lowest BCUT2D eigenvalue weighted by atomic mass is 9.94. The van der Waals surface area contributed by atoms with E-state index in [1.165, 1.54) is 26.3 Å². The van der Waals surface area contributed by atoms with Crippen LogP contribution in [0.5, 0.6) is 0 Å². The Morgan fingerprint density at radius 3 is 2.48 bits per heavy atom. The first-order chi connectivity index (χ1) is 12.9. The van der Waals surface area contributed by atoms with Crippen LogP contribution in [0.3, 0.4) is 0 Å². The summed E-state index contributed by atoms with van der Waals surface area (Å²) in [5, 5.41) is 5.74. The number of esters is 1. The van der Waals surface area contributed by atoms with E-state index in [0.29, 0.717) is 21.5 Å². The molecule has 0 atom stereocenters. The van der Waals surface area contributed by atoms with Crippen molar-refractivity contribution in [2.24, 2.45) is 0 Å². The van der Waals surface area contributed by atoms with E-state index in [0.717, 1.165) is 24.2 Å². The first-order valence-corrected chi connectivity index (χ1v) is 10.2. The number of carbonyl (C=O) groups excluding carboxylic acids is 3. The second-order valence-corrected chi connectivity index (χ2v) is 7.84. The van der Waals surface area contributed by atoms with Gasteiger partial charge in [-0.25, -0.2) is 4.79 Å². The van der Waals surface area contributed by atoms with Crippen LogP contribution in [0.25, 0.3) is 0 Å². The van der Waals surface area contributed by atoms with Gasteiger partial charge in [0, 0.05) is 13.1 Å². The summed E-state index contributed by atoms with van der Waals surface area (Å²) in [6.07, 6.45) is 5.87. The molecule has 1 aliphatic rings. The van der Waals surface area contributed by atoms with Crippen molar-refractivity contribution in [3.63, 3.8) is 0 Å². The van der Waals surface area contributed by atoms with Gasteiger partial charge in [0.15, 0.2) is 0 Å². The molecular formula is C19H29N3O4S. The lowest BCUT2D eigenvalue weighted by Crippen LogP contribution is -2.39. The number of thiophene rings is 1. The van der Waals surface area contributed by atoms with E-state index in [1.807, 2.05) is 7.05 Å². The third-order valence-corrected chi connectivity index (χ3v) is 6.11. The normalized spacial score (nSPS) is 14.9. The maximum atomic E-state index is 12.6. The molecule has 0 radical (unpaired) electrons. The van der Waals surface area contributed by atoms with Crippen molar-refractivity contribution in [1.82, 2.24) is 10.2 Å². The van der Waals surface area contributed by atoms with Gasteiger partial charge in [0.1, 0.15) is 5.00 Å². The standard InChI is InChI=1S/C19H29N3O4S/c1-5-26-19(25)15-12(2)16(17(24)20-3)27-18(15)21-14(23)11-22(4)13-9-7-6-8-10-13/h13H,5-11H2,1-4H3,(H,20,24)(H,21,23).